The summed E-state index contributed by atoms with van der Waals surface area (Å²) in [6, 6.07) is 13.0. The Morgan fingerprint density at radius 3 is 2.57 bits per heavy atom. The number of carbonyl (C=O) groups is 2. The molecule has 8 nitrogen and oxygen atoms in total. The normalized spacial score (nSPS) is 20.8. The summed E-state index contributed by atoms with van der Waals surface area (Å²) >= 11 is 0. The summed E-state index contributed by atoms with van der Waals surface area (Å²) in [4.78, 5) is 37.2. The molecule has 1 fully saturated rings. The molecule has 2 aliphatic rings. The fourth-order valence-electron chi connectivity index (χ4n) is 5.71. The zero-order valence-corrected chi connectivity index (χ0v) is 21.5. The van der Waals surface area contributed by atoms with Crippen LogP contribution in [0.25, 0.3) is 0 Å². The molecule has 0 spiro atoms. The van der Waals surface area contributed by atoms with Crippen LogP contribution in [0.2, 0.25) is 0 Å². The number of rotatable bonds is 10. The number of amides is 1. The van der Waals surface area contributed by atoms with E-state index in [1.54, 1.807) is 19.1 Å². The predicted octanol–water partition coefficient (Wildman–Crippen LogP) is 5.20. The zero-order chi connectivity index (χ0) is 26.2. The highest BCUT2D eigenvalue weighted by Crippen LogP contribution is 2.30. The molecule has 1 heterocycles. The van der Waals surface area contributed by atoms with Crippen molar-refractivity contribution in [3.05, 3.63) is 69.8 Å². The first-order valence-electron chi connectivity index (χ1n) is 13.5. The lowest BCUT2D eigenvalue weighted by atomic mass is 9.84. The fourth-order valence-corrected chi connectivity index (χ4v) is 5.71. The zero-order valence-electron chi connectivity index (χ0n) is 21.5. The van der Waals surface area contributed by atoms with Crippen molar-refractivity contribution < 1.29 is 19.2 Å². The summed E-state index contributed by atoms with van der Waals surface area (Å²) in [6.45, 7) is 2.08. The van der Waals surface area contributed by atoms with Gasteiger partial charge in [0.15, 0.2) is 0 Å². The van der Waals surface area contributed by atoms with Crippen LogP contribution in [0, 0.1) is 22.0 Å². The summed E-state index contributed by atoms with van der Waals surface area (Å²) in [6.07, 6.45) is 8.86. The van der Waals surface area contributed by atoms with E-state index in [1.165, 1.54) is 44.2 Å². The van der Waals surface area contributed by atoms with Gasteiger partial charge >= 0.3 is 5.97 Å². The lowest BCUT2D eigenvalue weighted by molar-refractivity contribution is -0.384. The van der Waals surface area contributed by atoms with Gasteiger partial charge in [0.05, 0.1) is 17.6 Å². The molecule has 2 N–H and O–H groups in total. The minimum absolute atomic E-state index is 0.0347. The van der Waals surface area contributed by atoms with Crippen molar-refractivity contribution in [3.8, 4) is 0 Å². The van der Waals surface area contributed by atoms with Crippen LogP contribution in [0.5, 0.6) is 0 Å². The van der Waals surface area contributed by atoms with E-state index in [-0.39, 0.29) is 30.1 Å². The lowest BCUT2D eigenvalue weighted by Gasteiger charge is -2.30. The fraction of sp³-hybridized carbons (Fsp3) is 0.517. The molecular formula is C29H37N3O5. The number of para-hydroxylation sites is 1. The lowest BCUT2D eigenvalue weighted by Crippen LogP contribution is -2.53. The number of anilines is 1. The molecule has 1 amide bonds. The Balaban J connectivity index is 1.57. The van der Waals surface area contributed by atoms with Crippen LogP contribution in [0.4, 0.5) is 11.4 Å². The van der Waals surface area contributed by atoms with Crippen molar-refractivity contribution >= 4 is 23.3 Å². The second-order valence-electron chi connectivity index (χ2n) is 10.3. The van der Waals surface area contributed by atoms with Gasteiger partial charge in [-0.15, -0.1) is 0 Å². The molecule has 2 aromatic carbocycles. The van der Waals surface area contributed by atoms with Gasteiger partial charge in [-0.3, -0.25) is 25.0 Å². The number of benzene rings is 2. The van der Waals surface area contributed by atoms with Crippen molar-refractivity contribution in [1.82, 2.24) is 5.32 Å². The monoisotopic (exact) mass is 507 g/mol. The number of fused-ring (bicyclic) bond motifs is 1. The van der Waals surface area contributed by atoms with Gasteiger partial charge in [-0.2, -0.15) is 0 Å². The van der Waals surface area contributed by atoms with Crippen LogP contribution < -0.4 is 10.6 Å². The molecule has 37 heavy (non-hydrogen) atoms. The van der Waals surface area contributed by atoms with E-state index in [2.05, 4.69) is 10.6 Å². The molecule has 1 aliphatic carbocycles. The number of non-ortho nitro benzene ring substituents is 1. The van der Waals surface area contributed by atoms with Gasteiger partial charge in [-0.25, -0.2) is 0 Å². The molecule has 8 heteroatoms. The van der Waals surface area contributed by atoms with Crippen molar-refractivity contribution in [2.24, 2.45) is 11.8 Å². The summed E-state index contributed by atoms with van der Waals surface area (Å²) in [7, 11) is 0. The molecule has 198 valence electrons. The van der Waals surface area contributed by atoms with E-state index in [4.69, 9.17) is 4.74 Å². The molecule has 1 unspecified atom stereocenters. The minimum atomic E-state index is -0.622. The highest BCUT2D eigenvalue weighted by atomic mass is 16.6. The number of nitrogens with one attached hydrogen (secondary N) is 2. The maximum absolute atomic E-state index is 13.5. The summed E-state index contributed by atoms with van der Waals surface area (Å²) in [5, 5.41) is 17.6. The van der Waals surface area contributed by atoms with E-state index in [1.807, 2.05) is 24.3 Å². The van der Waals surface area contributed by atoms with Gasteiger partial charge in [-0.1, -0.05) is 62.4 Å². The minimum Gasteiger partial charge on any atom is -0.465 e. The van der Waals surface area contributed by atoms with Gasteiger partial charge in [0.2, 0.25) is 5.91 Å². The van der Waals surface area contributed by atoms with Crippen molar-refractivity contribution in [2.45, 2.75) is 76.8 Å². The molecule has 0 bridgehead atoms. The van der Waals surface area contributed by atoms with Crippen molar-refractivity contribution in [3.63, 3.8) is 0 Å². The van der Waals surface area contributed by atoms with Crippen LogP contribution in [-0.2, 0) is 27.2 Å². The first kappa shape index (κ1) is 26.8. The standard InChI is InChI=1S/C29H37N3O5/c1-2-37-29(34)26(17-14-20-8-4-3-5-9-20)30-27-23(18-21-12-15-24(16-13-21)32(35)36)19-22-10-6-7-11-25(22)31-28(27)33/h6-7,10-13,15-16,20,23,26-27,30H,2-5,8-9,14,17-19H2,1H3,(H,31,33)/t23?,26-,27+/m0/s1. The first-order chi connectivity index (χ1) is 17.9. The third-order valence-corrected chi connectivity index (χ3v) is 7.70. The number of nitro benzene ring substituents is 1. The second-order valence-corrected chi connectivity index (χ2v) is 10.3. The average molecular weight is 508 g/mol. The number of ether oxygens (including phenoxy) is 1. The highest BCUT2D eigenvalue weighted by molar-refractivity contribution is 5.97. The molecule has 1 aliphatic heterocycles. The average Bonchev–Trinajstić information content (AvgIpc) is 3.03. The Morgan fingerprint density at radius 2 is 1.86 bits per heavy atom. The maximum Gasteiger partial charge on any atom is 0.323 e. The van der Waals surface area contributed by atoms with Crippen LogP contribution in [0.1, 0.15) is 63.0 Å². The smallest absolute Gasteiger partial charge is 0.323 e. The molecule has 0 saturated heterocycles. The second kappa shape index (κ2) is 12.8. The van der Waals surface area contributed by atoms with Crippen LogP contribution >= 0.6 is 0 Å². The Hall–Kier alpha value is -3.26. The van der Waals surface area contributed by atoms with E-state index >= 15 is 0 Å². The summed E-state index contributed by atoms with van der Waals surface area (Å²) in [5.41, 5.74) is 2.75. The molecule has 3 atom stereocenters. The highest BCUT2D eigenvalue weighted by Gasteiger charge is 2.36. The number of esters is 1. The quantitative estimate of drug-likeness (QED) is 0.260. The molecule has 0 radical (unpaired) electrons. The van der Waals surface area contributed by atoms with Crippen LogP contribution in [0.3, 0.4) is 0 Å². The predicted molar refractivity (Wildman–Crippen MR) is 142 cm³/mol. The van der Waals surface area contributed by atoms with Crippen LogP contribution in [0.15, 0.2) is 48.5 Å². The summed E-state index contributed by atoms with van der Waals surface area (Å²) in [5.74, 6) is -0.0434. The van der Waals surface area contributed by atoms with Crippen molar-refractivity contribution in [1.29, 1.82) is 0 Å². The molecular weight excluding hydrogens is 470 g/mol. The SMILES string of the molecule is CCOC(=O)[C@H](CCC1CCCCC1)N[C@H]1C(=O)Nc2ccccc2CC1Cc1ccc([N+](=O)[O-])cc1. The third-order valence-electron chi connectivity index (χ3n) is 7.70. The van der Waals surface area contributed by atoms with Crippen molar-refractivity contribution in [2.75, 3.05) is 11.9 Å². The third kappa shape index (κ3) is 7.16. The van der Waals surface area contributed by atoms with E-state index in [0.717, 1.165) is 23.2 Å². The van der Waals surface area contributed by atoms with E-state index in [9.17, 15) is 19.7 Å². The number of carbonyl (C=O) groups excluding carboxylic acids is 2. The molecule has 0 aromatic heterocycles. The number of hydrogen-bond donors (Lipinski definition) is 2. The van der Waals surface area contributed by atoms with Crippen LogP contribution in [-0.4, -0.2) is 35.5 Å². The number of hydrogen-bond acceptors (Lipinski definition) is 6. The Kier molecular flexibility index (Phi) is 9.28. The number of nitro groups is 1. The Labute approximate surface area is 218 Å². The van der Waals surface area contributed by atoms with Gasteiger partial charge in [0.1, 0.15) is 6.04 Å². The van der Waals surface area contributed by atoms with E-state index < -0.39 is 17.0 Å². The number of nitrogens with zero attached hydrogens (tertiary/aromatic N) is 1. The van der Waals surface area contributed by atoms with Gasteiger partial charge in [0, 0.05) is 17.8 Å². The maximum atomic E-state index is 13.5. The molecule has 1 saturated carbocycles. The Bertz CT molecular complexity index is 1080. The molecule has 4 rings (SSSR count). The van der Waals surface area contributed by atoms with E-state index in [0.29, 0.717) is 25.2 Å². The topological polar surface area (TPSA) is 111 Å². The first-order valence-corrected chi connectivity index (χ1v) is 13.5. The molecule has 2 aromatic rings. The summed E-state index contributed by atoms with van der Waals surface area (Å²) < 4.78 is 5.41. The van der Waals surface area contributed by atoms with Gasteiger partial charge in [0.25, 0.3) is 5.69 Å². The van der Waals surface area contributed by atoms with Gasteiger partial charge in [-0.05, 0) is 61.6 Å². The largest absolute Gasteiger partial charge is 0.465 e. The van der Waals surface area contributed by atoms with Gasteiger partial charge < -0.3 is 10.1 Å². The Morgan fingerprint density at radius 1 is 1.14 bits per heavy atom.